The lowest BCUT2D eigenvalue weighted by Crippen LogP contribution is -2.49. The molecule has 0 saturated carbocycles. The number of halogens is 1. The molecule has 2 aromatic rings. The second-order valence-electron chi connectivity index (χ2n) is 6.41. The van der Waals surface area contributed by atoms with Crippen LogP contribution in [0.3, 0.4) is 0 Å². The zero-order chi connectivity index (χ0) is 17.6. The second kappa shape index (κ2) is 8.37. The molecule has 0 unspecified atom stereocenters. The Balaban J connectivity index is 1.46. The normalized spacial score (nSPS) is 15.2. The van der Waals surface area contributed by atoms with E-state index in [-0.39, 0.29) is 5.91 Å². The maximum atomic E-state index is 12.4. The van der Waals surface area contributed by atoms with Gasteiger partial charge < -0.3 is 10.2 Å². The van der Waals surface area contributed by atoms with Crippen molar-refractivity contribution in [2.24, 2.45) is 0 Å². The highest BCUT2D eigenvalue weighted by atomic mass is 35.5. The Morgan fingerprint density at radius 1 is 1.04 bits per heavy atom. The van der Waals surface area contributed by atoms with E-state index >= 15 is 0 Å². The molecule has 1 fully saturated rings. The van der Waals surface area contributed by atoms with Gasteiger partial charge in [-0.3, -0.25) is 9.69 Å². The summed E-state index contributed by atoms with van der Waals surface area (Å²) >= 11 is 6.12. The number of hydrogen-bond donors (Lipinski definition) is 1. The van der Waals surface area contributed by atoms with Gasteiger partial charge in [0.25, 0.3) is 0 Å². The number of hydrogen-bond acceptors (Lipinski definition) is 3. The molecule has 0 atom stereocenters. The van der Waals surface area contributed by atoms with Crippen molar-refractivity contribution in [3.63, 3.8) is 0 Å². The third-order valence-corrected chi connectivity index (χ3v) is 5.08. The van der Waals surface area contributed by atoms with Crippen molar-refractivity contribution < 1.29 is 4.79 Å². The Hall–Kier alpha value is -2.04. The van der Waals surface area contributed by atoms with Gasteiger partial charge in [-0.05, 0) is 30.2 Å². The molecule has 132 valence electrons. The van der Waals surface area contributed by atoms with Crippen LogP contribution in [0, 0.1) is 6.92 Å². The van der Waals surface area contributed by atoms with Gasteiger partial charge in [0.05, 0.1) is 6.54 Å². The largest absolute Gasteiger partial charge is 0.376 e. The number of anilines is 1. The molecule has 0 spiro atoms. The first kappa shape index (κ1) is 17.8. The van der Waals surface area contributed by atoms with Crippen molar-refractivity contribution in [1.29, 1.82) is 0 Å². The average Bonchev–Trinajstić information content (AvgIpc) is 2.64. The van der Waals surface area contributed by atoms with E-state index in [2.05, 4.69) is 34.5 Å². The van der Waals surface area contributed by atoms with Crippen molar-refractivity contribution in [1.82, 2.24) is 9.80 Å². The number of nitrogens with zero attached hydrogens (tertiary/aromatic N) is 2. The summed E-state index contributed by atoms with van der Waals surface area (Å²) in [7, 11) is 0. The van der Waals surface area contributed by atoms with Gasteiger partial charge in [0.2, 0.25) is 5.91 Å². The van der Waals surface area contributed by atoms with Gasteiger partial charge in [-0.1, -0.05) is 48.0 Å². The molecule has 25 heavy (non-hydrogen) atoms. The lowest BCUT2D eigenvalue weighted by Gasteiger charge is -2.35. The van der Waals surface area contributed by atoms with Crippen LogP contribution in [-0.2, 0) is 11.3 Å². The van der Waals surface area contributed by atoms with E-state index in [4.69, 9.17) is 11.6 Å². The van der Waals surface area contributed by atoms with Crippen LogP contribution in [0.4, 0.5) is 5.69 Å². The van der Waals surface area contributed by atoms with Crippen molar-refractivity contribution in [3.8, 4) is 0 Å². The number of piperazine rings is 1. The molecule has 2 aromatic carbocycles. The summed E-state index contributed by atoms with van der Waals surface area (Å²) in [5, 5.41) is 3.93. The number of carbonyl (C=O) groups is 1. The van der Waals surface area contributed by atoms with Crippen molar-refractivity contribution in [2.45, 2.75) is 13.5 Å². The van der Waals surface area contributed by atoms with Gasteiger partial charge in [0, 0.05) is 43.4 Å². The molecule has 1 amide bonds. The van der Waals surface area contributed by atoms with Crippen LogP contribution in [0.2, 0.25) is 5.02 Å². The summed E-state index contributed by atoms with van der Waals surface area (Å²) in [6.45, 7) is 6.59. The average molecular weight is 358 g/mol. The van der Waals surface area contributed by atoms with Gasteiger partial charge >= 0.3 is 0 Å². The molecule has 1 aliphatic rings. The lowest BCUT2D eigenvalue weighted by molar-refractivity contribution is -0.131. The van der Waals surface area contributed by atoms with Crippen molar-refractivity contribution in [3.05, 3.63) is 64.7 Å². The molecule has 1 N–H and O–H groups in total. The number of amides is 1. The van der Waals surface area contributed by atoms with Gasteiger partial charge in [-0.15, -0.1) is 0 Å². The van der Waals surface area contributed by atoms with Crippen LogP contribution in [0.5, 0.6) is 0 Å². The highest BCUT2D eigenvalue weighted by Crippen LogP contribution is 2.22. The molecule has 5 heteroatoms. The van der Waals surface area contributed by atoms with Crippen LogP contribution in [0.1, 0.15) is 11.1 Å². The van der Waals surface area contributed by atoms with E-state index in [0.29, 0.717) is 11.6 Å². The highest BCUT2D eigenvalue weighted by molar-refractivity contribution is 6.31. The minimum absolute atomic E-state index is 0.138. The standard InChI is InChI=1S/C20H24ClN3O/c1-16-18(21)8-5-9-19(16)22-14-20(25)24-12-10-23(11-13-24)15-17-6-3-2-4-7-17/h2-9,22H,10-15H2,1H3. The summed E-state index contributed by atoms with van der Waals surface area (Å²) in [6, 6.07) is 16.2. The number of nitrogens with one attached hydrogen (secondary N) is 1. The number of benzene rings is 2. The quantitative estimate of drug-likeness (QED) is 0.890. The Bertz CT molecular complexity index is 712. The van der Waals surface area contributed by atoms with E-state index in [1.807, 2.05) is 36.1 Å². The van der Waals surface area contributed by atoms with Crippen LogP contribution in [0.25, 0.3) is 0 Å². The molecule has 1 saturated heterocycles. The van der Waals surface area contributed by atoms with E-state index in [0.717, 1.165) is 44.0 Å². The maximum Gasteiger partial charge on any atom is 0.241 e. The van der Waals surface area contributed by atoms with Crippen LogP contribution in [0.15, 0.2) is 48.5 Å². The summed E-state index contributed by atoms with van der Waals surface area (Å²) in [5.74, 6) is 0.138. The van der Waals surface area contributed by atoms with Crippen LogP contribution >= 0.6 is 11.6 Å². The number of carbonyl (C=O) groups excluding carboxylic acids is 1. The van der Waals surface area contributed by atoms with E-state index in [1.54, 1.807) is 0 Å². The Morgan fingerprint density at radius 3 is 2.48 bits per heavy atom. The smallest absolute Gasteiger partial charge is 0.241 e. The first-order chi connectivity index (χ1) is 12.1. The van der Waals surface area contributed by atoms with Crippen LogP contribution < -0.4 is 5.32 Å². The fourth-order valence-corrected chi connectivity index (χ4v) is 3.25. The predicted molar refractivity (Wildman–Crippen MR) is 103 cm³/mol. The number of rotatable bonds is 5. The summed E-state index contributed by atoms with van der Waals surface area (Å²) < 4.78 is 0. The monoisotopic (exact) mass is 357 g/mol. The second-order valence-corrected chi connectivity index (χ2v) is 6.82. The van der Waals surface area contributed by atoms with Gasteiger partial charge in [-0.2, -0.15) is 0 Å². The summed E-state index contributed by atoms with van der Waals surface area (Å²) in [4.78, 5) is 16.8. The molecule has 4 nitrogen and oxygen atoms in total. The predicted octanol–water partition coefficient (Wildman–Crippen LogP) is 3.40. The van der Waals surface area contributed by atoms with E-state index in [9.17, 15) is 4.79 Å². The molecule has 0 aromatic heterocycles. The van der Waals surface area contributed by atoms with Crippen LogP contribution in [-0.4, -0.2) is 48.4 Å². The van der Waals surface area contributed by atoms with E-state index in [1.165, 1.54) is 5.56 Å². The molecule has 0 bridgehead atoms. The highest BCUT2D eigenvalue weighted by Gasteiger charge is 2.21. The Morgan fingerprint density at radius 2 is 1.76 bits per heavy atom. The lowest BCUT2D eigenvalue weighted by atomic mass is 10.2. The van der Waals surface area contributed by atoms with Crippen molar-refractivity contribution in [2.75, 3.05) is 38.0 Å². The summed E-state index contributed by atoms with van der Waals surface area (Å²) in [6.07, 6.45) is 0. The molecular weight excluding hydrogens is 334 g/mol. The Kier molecular flexibility index (Phi) is 5.95. The first-order valence-corrected chi connectivity index (χ1v) is 9.04. The maximum absolute atomic E-state index is 12.4. The third-order valence-electron chi connectivity index (χ3n) is 4.67. The zero-order valence-corrected chi connectivity index (χ0v) is 15.3. The molecule has 0 aliphatic carbocycles. The fourth-order valence-electron chi connectivity index (χ4n) is 3.08. The molecule has 0 radical (unpaired) electrons. The van der Waals surface area contributed by atoms with Gasteiger partial charge in [-0.25, -0.2) is 0 Å². The van der Waals surface area contributed by atoms with Gasteiger partial charge in [0.1, 0.15) is 0 Å². The molecular formula is C20H24ClN3O. The topological polar surface area (TPSA) is 35.6 Å². The minimum atomic E-state index is 0.138. The minimum Gasteiger partial charge on any atom is -0.376 e. The fraction of sp³-hybridized carbons (Fsp3) is 0.350. The van der Waals surface area contributed by atoms with Gasteiger partial charge in [0.15, 0.2) is 0 Å². The SMILES string of the molecule is Cc1c(Cl)cccc1NCC(=O)N1CCN(Cc2ccccc2)CC1. The van der Waals surface area contributed by atoms with E-state index < -0.39 is 0 Å². The first-order valence-electron chi connectivity index (χ1n) is 8.66. The molecule has 1 aliphatic heterocycles. The Labute approximate surface area is 154 Å². The zero-order valence-electron chi connectivity index (χ0n) is 14.5. The molecule has 3 rings (SSSR count). The van der Waals surface area contributed by atoms with Crippen molar-refractivity contribution >= 4 is 23.2 Å². The summed E-state index contributed by atoms with van der Waals surface area (Å²) in [5.41, 5.74) is 3.22. The third kappa shape index (κ3) is 4.74. The molecule has 1 heterocycles.